The molecule has 28 heavy (non-hydrogen) atoms. The SMILES string of the molecule is CN(C)CCOc1ccc(CNC(=O)N2CCCN(CC(F)(F)F)CC2)cc1. The molecule has 1 fully saturated rings. The first-order chi connectivity index (χ1) is 13.2. The summed E-state index contributed by atoms with van der Waals surface area (Å²) in [5, 5.41) is 2.84. The van der Waals surface area contributed by atoms with Crippen molar-refractivity contribution in [2.75, 3.05) is 60.0 Å². The van der Waals surface area contributed by atoms with Crippen LogP contribution in [0, 0.1) is 0 Å². The summed E-state index contributed by atoms with van der Waals surface area (Å²) < 4.78 is 43.2. The Bertz CT molecular complexity index is 608. The molecule has 2 amide bonds. The summed E-state index contributed by atoms with van der Waals surface area (Å²) >= 11 is 0. The fraction of sp³-hybridized carbons (Fsp3) is 0.632. The summed E-state index contributed by atoms with van der Waals surface area (Å²) in [5.41, 5.74) is 0.932. The van der Waals surface area contributed by atoms with Crippen molar-refractivity contribution in [1.82, 2.24) is 20.0 Å². The molecule has 9 heteroatoms. The third-order valence-corrected chi connectivity index (χ3v) is 4.45. The zero-order chi connectivity index (χ0) is 20.6. The summed E-state index contributed by atoms with van der Waals surface area (Å²) in [6.07, 6.45) is -3.68. The highest BCUT2D eigenvalue weighted by atomic mass is 19.4. The van der Waals surface area contributed by atoms with Gasteiger partial charge in [0.2, 0.25) is 0 Å². The molecular weight excluding hydrogens is 373 g/mol. The van der Waals surface area contributed by atoms with E-state index in [1.54, 1.807) is 4.90 Å². The molecule has 0 radical (unpaired) electrons. The Balaban J connectivity index is 1.74. The molecule has 1 heterocycles. The Kier molecular flexibility index (Phi) is 8.37. The highest BCUT2D eigenvalue weighted by Gasteiger charge is 2.31. The number of hydrogen-bond acceptors (Lipinski definition) is 4. The summed E-state index contributed by atoms with van der Waals surface area (Å²) in [6.45, 7) is 2.19. The monoisotopic (exact) mass is 402 g/mol. The van der Waals surface area contributed by atoms with Gasteiger partial charge in [-0.25, -0.2) is 4.79 Å². The lowest BCUT2D eigenvalue weighted by atomic mass is 10.2. The molecule has 0 saturated carbocycles. The first-order valence-corrected chi connectivity index (χ1v) is 9.41. The van der Waals surface area contributed by atoms with Crippen LogP contribution in [0.5, 0.6) is 5.75 Å². The van der Waals surface area contributed by atoms with E-state index < -0.39 is 12.7 Å². The van der Waals surface area contributed by atoms with Crippen LogP contribution in [0.4, 0.5) is 18.0 Å². The number of hydrogen-bond donors (Lipinski definition) is 1. The molecule has 0 atom stereocenters. The smallest absolute Gasteiger partial charge is 0.401 e. The van der Waals surface area contributed by atoms with Crippen LogP contribution >= 0.6 is 0 Å². The van der Waals surface area contributed by atoms with Crippen LogP contribution < -0.4 is 10.1 Å². The molecule has 1 aromatic carbocycles. The maximum atomic E-state index is 12.5. The number of ether oxygens (including phenoxy) is 1. The molecule has 1 aromatic rings. The zero-order valence-corrected chi connectivity index (χ0v) is 16.5. The first kappa shape index (κ1) is 22.3. The molecule has 1 aliphatic heterocycles. The van der Waals surface area contributed by atoms with Crippen LogP contribution in [-0.2, 0) is 6.54 Å². The van der Waals surface area contributed by atoms with E-state index >= 15 is 0 Å². The molecule has 158 valence electrons. The van der Waals surface area contributed by atoms with Gasteiger partial charge in [-0.3, -0.25) is 4.90 Å². The fourth-order valence-electron chi connectivity index (χ4n) is 2.92. The molecule has 0 unspecified atom stereocenters. The minimum absolute atomic E-state index is 0.228. The van der Waals surface area contributed by atoms with Crippen LogP contribution in [0.15, 0.2) is 24.3 Å². The average Bonchev–Trinajstić information content (AvgIpc) is 2.84. The molecule has 0 bridgehead atoms. The van der Waals surface area contributed by atoms with Crippen molar-refractivity contribution in [2.24, 2.45) is 0 Å². The summed E-state index contributed by atoms with van der Waals surface area (Å²) in [6, 6.07) is 7.24. The van der Waals surface area contributed by atoms with Gasteiger partial charge in [0.1, 0.15) is 12.4 Å². The van der Waals surface area contributed by atoms with Gasteiger partial charge in [-0.2, -0.15) is 13.2 Å². The highest BCUT2D eigenvalue weighted by molar-refractivity contribution is 5.74. The van der Waals surface area contributed by atoms with Gasteiger partial charge in [-0.05, 0) is 38.2 Å². The van der Waals surface area contributed by atoms with Gasteiger partial charge < -0.3 is 19.9 Å². The molecule has 0 aromatic heterocycles. The molecule has 2 rings (SSSR count). The Morgan fingerprint density at radius 2 is 1.86 bits per heavy atom. The number of rotatable bonds is 7. The normalized spacial score (nSPS) is 16.1. The van der Waals surface area contributed by atoms with Crippen molar-refractivity contribution in [3.8, 4) is 5.75 Å². The van der Waals surface area contributed by atoms with Crippen LogP contribution in [0.25, 0.3) is 0 Å². The summed E-state index contributed by atoms with van der Waals surface area (Å²) in [7, 11) is 3.96. The standard InChI is InChI=1S/C19H29F3N4O2/c1-24(2)12-13-28-17-6-4-16(5-7-17)14-23-18(27)26-9-3-8-25(10-11-26)15-19(20,21)22/h4-7H,3,8-15H2,1-2H3,(H,23,27). The van der Waals surface area contributed by atoms with Crippen LogP contribution in [0.3, 0.4) is 0 Å². The van der Waals surface area contributed by atoms with Crippen LogP contribution in [0.2, 0.25) is 0 Å². The molecule has 1 N–H and O–H groups in total. The second-order valence-electron chi connectivity index (χ2n) is 7.19. The predicted molar refractivity (Wildman–Crippen MR) is 101 cm³/mol. The van der Waals surface area contributed by atoms with E-state index in [2.05, 4.69) is 5.32 Å². The number of benzene rings is 1. The fourth-order valence-corrected chi connectivity index (χ4v) is 2.92. The van der Waals surface area contributed by atoms with Crippen molar-refractivity contribution in [2.45, 2.75) is 19.1 Å². The van der Waals surface area contributed by atoms with Gasteiger partial charge in [0.15, 0.2) is 0 Å². The van der Waals surface area contributed by atoms with Crippen molar-refractivity contribution < 1.29 is 22.7 Å². The lowest BCUT2D eigenvalue weighted by molar-refractivity contribution is -0.145. The molecule has 1 saturated heterocycles. The zero-order valence-electron chi connectivity index (χ0n) is 16.5. The lowest BCUT2D eigenvalue weighted by Gasteiger charge is -2.23. The summed E-state index contributed by atoms with van der Waals surface area (Å²) in [5.74, 6) is 0.772. The minimum Gasteiger partial charge on any atom is -0.492 e. The van der Waals surface area contributed by atoms with Crippen molar-refractivity contribution in [3.05, 3.63) is 29.8 Å². The molecule has 0 spiro atoms. The second-order valence-corrected chi connectivity index (χ2v) is 7.19. The van der Waals surface area contributed by atoms with E-state index in [1.807, 2.05) is 43.3 Å². The number of carbonyl (C=O) groups is 1. The second kappa shape index (κ2) is 10.5. The number of amides is 2. The Hall–Kier alpha value is -2.00. The van der Waals surface area contributed by atoms with Gasteiger partial charge in [0, 0.05) is 39.3 Å². The Labute approximate surface area is 164 Å². The van der Waals surface area contributed by atoms with Crippen molar-refractivity contribution in [1.29, 1.82) is 0 Å². The number of nitrogens with zero attached hydrogens (tertiary/aromatic N) is 3. The maximum Gasteiger partial charge on any atom is 0.401 e. The van der Waals surface area contributed by atoms with E-state index in [0.717, 1.165) is 17.9 Å². The van der Waals surface area contributed by atoms with E-state index in [-0.39, 0.29) is 12.6 Å². The lowest BCUT2D eigenvalue weighted by Crippen LogP contribution is -2.42. The number of alkyl halides is 3. The third kappa shape index (κ3) is 8.35. The van der Waals surface area contributed by atoms with Crippen LogP contribution in [-0.4, -0.2) is 86.9 Å². The Morgan fingerprint density at radius 1 is 1.14 bits per heavy atom. The van der Waals surface area contributed by atoms with Crippen molar-refractivity contribution >= 4 is 6.03 Å². The molecule has 1 aliphatic rings. The molecular formula is C19H29F3N4O2. The maximum absolute atomic E-state index is 12.5. The quantitative estimate of drug-likeness (QED) is 0.761. The average molecular weight is 402 g/mol. The van der Waals surface area contributed by atoms with E-state index in [0.29, 0.717) is 39.2 Å². The topological polar surface area (TPSA) is 48.1 Å². The number of likely N-dealkylation sites (N-methyl/N-ethyl adjacent to an activating group) is 1. The largest absolute Gasteiger partial charge is 0.492 e. The molecule has 6 nitrogen and oxygen atoms in total. The number of urea groups is 1. The van der Waals surface area contributed by atoms with Gasteiger partial charge in [0.25, 0.3) is 0 Å². The Morgan fingerprint density at radius 3 is 2.50 bits per heavy atom. The third-order valence-electron chi connectivity index (χ3n) is 4.45. The highest BCUT2D eigenvalue weighted by Crippen LogP contribution is 2.17. The van der Waals surface area contributed by atoms with Gasteiger partial charge >= 0.3 is 12.2 Å². The van der Waals surface area contributed by atoms with E-state index in [9.17, 15) is 18.0 Å². The minimum atomic E-state index is -4.21. The van der Waals surface area contributed by atoms with Gasteiger partial charge in [-0.1, -0.05) is 12.1 Å². The summed E-state index contributed by atoms with van der Waals surface area (Å²) in [4.78, 5) is 17.3. The first-order valence-electron chi connectivity index (χ1n) is 9.41. The van der Waals surface area contributed by atoms with Crippen molar-refractivity contribution in [3.63, 3.8) is 0 Å². The number of nitrogens with one attached hydrogen (secondary N) is 1. The van der Waals surface area contributed by atoms with Gasteiger partial charge in [0.05, 0.1) is 6.54 Å². The van der Waals surface area contributed by atoms with E-state index in [4.69, 9.17) is 4.74 Å². The van der Waals surface area contributed by atoms with Crippen LogP contribution in [0.1, 0.15) is 12.0 Å². The number of halogens is 3. The van der Waals surface area contributed by atoms with Gasteiger partial charge in [-0.15, -0.1) is 0 Å². The predicted octanol–water partition coefficient (Wildman–Crippen LogP) is 2.41. The molecule has 0 aliphatic carbocycles. The van der Waals surface area contributed by atoms with E-state index in [1.165, 1.54) is 4.90 Å². The number of carbonyl (C=O) groups excluding carboxylic acids is 1.